The topological polar surface area (TPSA) is 40.5 Å². The lowest BCUT2D eigenvalue weighted by Gasteiger charge is -2.39. The predicted octanol–water partition coefficient (Wildman–Crippen LogP) is 7.16. The molecular formula is C22H26F6O2. The van der Waals surface area contributed by atoms with Crippen LogP contribution in [0.4, 0.5) is 26.3 Å². The normalized spacial score (nSPS) is 12.4. The van der Waals surface area contributed by atoms with Crippen LogP contribution in [0.1, 0.15) is 53.6 Å². The molecule has 0 heterocycles. The molecule has 0 amide bonds. The highest BCUT2D eigenvalue weighted by Crippen LogP contribution is 2.57. The highest BCUT2D eigenvalue weighted by Gasteiger charge is 2.72. The van der Waals surface area contributed by atoms with E-state index in [0.717, 1.165) is 0 Å². The Kier molecular flexibility index (Phi) is 7.51. The van der Waals surface area contributed by atoms with Gasteiger partial charge in [-0.1, -0.05) is 44.5 Å². The molecule has 168 valence electrons. The lowest BCUT2D eigenvalue weighted by molar-refractivity contribution is -0.288. The number of halogens is 6. The Morgan fingerprint density at radius 3 is 0.967 bits per heavy atom. The summed E-state index contributed by atoms with van der Waals surface area (Å²) < 4.78 is 84.8. The number of alkyl halides is 6. The third-order valence-corrected chi connectivity index (χ3v) is 4.70. The molecule has 2 aromatic rings. The second kappa shape index (κ2) is 8.78. The first-order valence-corrected chi connectivity index (χ1v) is 9.30. The van der Waals surface area contributed by atoms with Gasteiger partial charge < -0.3 is 10.2 Å². The average Bonchev–Trinajstić information content (AvgIpc) is 2.56. The summed E-state index contributed by atoms with van der Waals surface area (Å²) in [5.74, 6) is -0.731. The predicted molar refractivity (Wildman–Crippen MR) is 104 cm³/mol. The summed E-state index contributed by atoms with van der Waals surface area (Å²) >= 11 is 0. The minimum Gasteiger partial charge on any atom is -0.507 e. The molecule has 2 rings (SSSR count). The number of aryl methyl sites for hydroxylation is 4. The summed E-state index contributed by atoms with van der Waals surface area (Å²) in [5, 5.41) is 19.6. The highest BCUT2D eigenvalue weighted by molar-refractivity contribution is 5.54. The van der Waals surface area contributed by atoms with Crippen molar-refractivity contribution < 1.29 is 36.6 Å². The smallest absolute Gasteiger partial charge is 0.411 e. The van der Waals surface area contributed by atoms with E-state index in [1.165, 1.54) is 34.1 Å². The molecule has 2 N–H and O–H groups in total. The molecule has 0 atom stereocenters. The van der Waals surface area contributed by atoms with Crippen LogP contribution in [0.3, 0.4) is 0 Å². The van der Waals surface area contributed by atoms with Gasteiger partial charge in [-0.25, -0.2) is 0 Å². The van der Waals surface area contributed by atoms with E-state index in [1.807, 2.05) is 0 Å². The average molecular weight is 436 g/mol. The van der Waals surface area contributed by atoms with E-state index in [0.29, 0.717) is 24.3 Å². The first-order valence-electron chi connectivity index (χ1n) is 9.30. The molecule has 0 unspecified atom stereocenters. The van der Waals surface area contributed by atoms with E-state index in [9.17, 15) is 36.6 Å². The van der Waals surface area contributed by atoms with Gasteiger partial charge in [0.2, 0.25) is 5.41 Å². The Bertz CT molecular complexity index is 778. The van der Waals surface area contributed by atoms with E-state index >= 15 is 0 Å². The Balaban J connectivity index is 0.00000141. The Morgan fingerprint density at radius 1 is 0.600 bits per heavy atom. The maximum Gasteiger partial charge on any atom is 0.411 e. The van der Waals surface area contributed by atoms with Crippen LogP contribution in [0, 0.1) is 27.7 Å². The van der Waals surface area contributed by atoms with Crippen LogP contribution in [0.2, 0.25) is 0 Å². The summed E-state index contributed by atoms with van der Waals surface area (Å²) in [4.78, 5) is 0. The molecule has 0 radical (unpaired) electrons. The molecule has 8 heteroatoms. The summed E-state index contributed by atoms with van der Waals surface area (Å²) in [6.07, 6.45) is -10.2. The molecule has 0 spiro atoms. The van der Waals surface area contributed by atoms with Gasteiger partial charge in [0.25, 0.3) is 0 Å². The summed E-state index contributed by atoms with van der Waals surface area (Å²) in [7, 11) is 0. The highest BCUT2D eigenvalue weighted by atomic mass is 19.4. The molecule has 0 aliphatic rings. The van der Waals surface area contributed by atoms with Gasteiger partial charge in [-0.3, -0.25) is 0 Å². The number of hydrogen-bond acceptors (Lipinski definition) is 2. The van der Waals surface area contributed by atoms with Crippen molar-refractivity contribution in [1.29, 1.82) is 0 Å². The maximum absolute atomic E-state index is 14.1. The van der Waals surface area contributed by atoms with E-state index in [4.69, 9.17) is 0 Å². The monoisotopic (exact) mass is 436 g/mol. The van der Waals surface area contributed by atoms with Gasteiger partial charge in [0.1, 0.15) is 11.5 Å². The van der Waals surface area contributed by atoms with Crippen molar-refractivity contribution in [3.63, 3.8) is 0 Å². The zero-order chi connectivity index (χ0) is 23.7. The number of aromatic hydroxyl groups is 2. The number of benzene rings is 2. The van der Waals surface area contributed by atoms with Crippen molar-refractivity contribution in [2.45, 2.75) is 65.7 Å². The van der Waals surface area contributed by atoms with Gasteiger partial charge in [-0.15, -0.1) is 0 Å². The van der Waals surface area contributed by atoms with Gasteiger partial charge in [0.15, 0.2) is 0 Å². The van der Waals surface area contributed by atoms with Crippen LogP contribution < -0.4 is 0 Å². The number of rotatable bonds is 2. The molecule has 0 saturated carbocycles. The quantitative estimate of drug-likeness (QED) is 0.491. The molecular weight excluding hydrogens is 410 g/mol. The van der Waals surface area contributed by atoms with E-state index < -0.39 is 28.9 Å². The molecule has 0 saturated heterocycles. The second-order valence-corrected chi connectivity index (χ2v) is 7.37. The minimum atomic E-state index is -5.73. The van der Waals surface area contributed by atoms with E-state index in [2.05, 4.69) is 13.8 Å². The fourth-order valence-corrected chi connectivity index (χ4v) is 3.33. The SMILES string of the molecule is CCC.Cc1cc(C(c2cc(C)c(O)c(C)c2)(C(F)(F)F)C(F)(F)F)cc(C)c1O. The van der Waals surface area contributed by atoms with Crippen molar-refractivity contribution in [1.82, 2.24) is 0 Å². The van der Waals surface area contributed by atoms with Gasteiger partial charge in [-0.2, -0.15) is 26.3 Å². The third kappa shape index (κ3) is 4.37. The van der Waals surface area contributed by atoms with Crippen molar-refractivity contribution in [3.8, 4) is 11.5 Å². The van der Waals surface area contributed by atoms with Crippen LogP contribution in [0.25, 0.3) is 0 Å². The van der Waals surface area contributed by atoms with E-state index in [-0.39, 0.29) is 33.8 Å². The van der Waals surface area contributed by atoms with Gasteiger partial charge in [-0.05, 0) is 61.1 Å². The standard InChI is InChI=1S/C19H18F6O2.C3H8/c1-9-5-13(6-10(2)15(9)26)17(18(20,21)22,19(23,24)25)14-7-11(3)16(27)12(4)8-14;1-3-2/h5-8,26-27H,1-4H3;3H2,1-2H3. The van der Waals surface area contributed by atoms with Gasteiger partial charge >= 0.3 is 12.4 Å². The second-order valence-electron chi connectivity index (χ2n) is 7.37. The summed E-state index contributed by atoms with van der Waals surface area (Å²) in [5.41, 5.74) is -6.80. The van der Waals surface area contributed by atoms with Crippen molar-refractivity contribution in [2.75, 3.05) is 0 Å². The fourth-order valence-electron chi connectivity index (χ4n) is 3.33. The largest absolute Gasteiger partial charge is 0.507 e. The molecule has 0 bridgehead atoms. The molecule has 2 nitrogen and oxygen atoms in total. The Labute approximate surface area is 172 Å². The van der Waals surface area contributed by atoms with Crippen molar-refractivity contribution in [2.24, 2.45) is 0 Å². The lowest BCUT2D eigenvalue weighted by Crippen LogP contribution is -2.55. The molecule has 0 fully saturated rings. The Hall–Kier alpha value is -2.38. The molecule has 30 heavy (non-hydrogen) atoms. The minimum absolute atomic E-state index is 0.102. The van der Waals surface area contributed by atoms with Crippen molar-refractivity contribution in [3.05, 3.63) is 57.6 Å². The van der Waals surface area contributed by atoms with Crippen molar-refractivity contribution >= 4 is 0 Å². The Morgan fingerprint density at radius 2 is 0.800 bits per heavy atom. The molecule has 0 aliphatic carbocycles. The third-order valence-electron chi connectivity index (χ3n) is 4.70. The molecule has 0 aliphatic heterocycles. The van der Waals surface area contributed by atoms with Crippen LogP contribution in [-0.4, -0.2) is 22.6 Å². The number of phenolic OH excluding ortho intramolecular Hbond substituents is 2. The van der Waals surface area contributed by atoms with Crippen LogP contribution in [0.5, 0.6) is 11.5 Å². The van der Waals surface area contributed by atoms with Gasteiger partial charge in [0.05, 0.1) is 0 Å². The first-order chi connectivity index (χ1) is 13.6. The van der Waals surface area contributed by atoms with E-state index in [1.54, 1.807) is 0 Å². The van der Waals surface area contributed by atoms with Crippen LogP contribution >= 0.6 is 0 Å². The lowest BCUT2D eigenvalue weighted by atomic mass is 9.71. The molecule has 0 aromatic heterocycles. The zero-order valence-corrected chi connectivity index (χ0v) is 17.7. The fraction of sp³-hybridized carbons (Fsp3) is 0.455. The van der Waals surface area contributed by atoms with Crippen LogP contribution in [0.15, 0.2) is 24.3 Å². The zero-order valence-electron chi connectivity index (χ0n) is 17.7. The van der Waals surface area contributed by atoms with Gasteiger partial charge in [0, 0.05) is 0 Å². The van der Waals surface area contributed by atoms with Crippen LogP contribution in [-0.2, 0) is 5.41 Å². The number of hydrogen-bond donors (Lipinski definition) is 2. The summed E-state index contributed by atoms with van der Waals surface area (Å²) in [6, 6.07) is 2.78. The summed E-state index contributed by atoms with van der Waals surface area (Å²) in [6.45, 7) is 9.18. The molecule has 2 aromatic carbocycles. The maximum atomic E-state index is 14.1. The number of phenols is 2. The first kappa shape index (κ1) is 25.7.